The van der Waals surface area contributed by atoms with Crippen molar-refractivity contribution < 1.29 is 14.6 Å². The molecule has 6 heteroatoms. The summed E-state index contributed by atoms with van der Waals surface area (Å²) in [4.78, 5) is 15.2. The van der Waals surface area contributed by atoms with Crippen molar-refractivity contribution in [2.24, 2.45) is 5.73 Å². The zero-order valence-electron chi connectivity index (χ0n) is 17.3. The first-order valence-corrected chi connectivity index (χ1v) is 11.7. The summed E-state index contributed by atoms with van der Waals surface area (Å²) in [7, 11) is 0. The molecule has 1 saturated carbocycles. The van der Waals surface area contributed by atoms with Crippen LogP contribution in [0.2, 0.25) is 0 Å². The topological polar surface area (TPSA) is 75.8 Å². The van der Waals surface area contributed by atoms with E-state index in [-0.39, 0.29) is 12.6 Å². The molecular formula is C22H37BrN2O3. The Kier molecular flexibility index (Phi) is 10.2. The molecule has 2 rings (SSSR count). The van der Waals surface area contributed by atoms with Crippen molar-refractivity contribution >= 4 is 21.9 Å². The highest BCUT2D eigenvalue weighted by atomic mass is 79.9. The van der Waals surface area contributed by atoms with Gasteiger partial charge in [0.15, 0.2) is 0 Å². The first-order valence-electron chi connectivity index (χ1n) is 10.9. The van der Waals surface area contributed by atoms with E-state index < -0.39 is 5.54 Å². The Morgan fingerprint density at radius 1 is 1.29 bits per heavy atom. The molecule has 0 aromatic heterocycles. The van der Waals surface area contributed by atoms with Crippen molar-refractivity contribution in [1.82, 2.24) is 4.90 Å². The molecule has 0 saturated heterocycles. The molecule has 5 nitrogen and oxygen atoms in total. The molecule has 1 unspecified atom stereocenters. The van der Waals surface area contributed by atoms with E-state index in [0.29, 0.717) is 19.1 Å². The van der Waals surface area contributed by atoms with Gasteiger partial charge in [-0.25, -0.2) is 4.79 Å². The molecule has 0 aliphatic heterocycles. The number of ether oxygens (including phenoxy) is 1. The van der Waals surface area contributed by atoms with Gasteiger partial charge in [-0.15, -0.1) is 0 Å². The van der Waals surface area contributed by atoms with E-state index in [4.69, 9.17) is 15.6 Å². The van der Waals surface area contributed by atoms with Crippen LogP contribution in [0.25, 0.3) is 0 Å². The summed E-state index contributed by atoms with van der Waals surface area (Å²) < 4.78 is 6.43. The second-order valence-corrected chi connectivity index (χ2v) is 9.17. The number of nitrogens with zero attached hydrogens (tertiary/aromatic N) is 1. The number of hydrogen-bond acceptors (Lipinski definition) is 5. The van der Waals surface area contributed by atoms with Crippen molar-refractivity contribution in [3.8, 4) is 0 Å². The molecule has 160 valence electrons. The lowest BCUT2D eigenvalue weighted by Crippen LogP contribution is -2.49. The number of aliphatic hydroxyl groups excluding tert-OH is 1. The van der Waals surface area contributed by atoms with Crippen LogP contribution in [0.3, 0.4) is 0 Å². The van der Waals surface area contributed by atoms with Crippen molar-refractivity contribution in [1.29, 1.82) is 0 Å². The molecule has 0 spiro atoms. The molecule has 0 amide bonds. The van der Waals surface area contributed by atoms with E-state index in [2.05, 4.69) is 33.8 Å². The van der Waals surface area contributed by atoms with Gasteiger partial charge in [-0.05, 0) is 60.9 Å². The predicted octanol–water partition coefficient (Wildman–Crippen LogP) is 4.04. The van der Waals surface area contributed by atoms with Gasteiger partial charge in [0, 0.05) is 25.6 Å². The Morgan fingerprint density at radius 2 is 2.00 bits per heavy atom. The van der Waals surface area contributed by atoms with Gasteiger partial charge in [-0.2, -0.15) is 0 Å². The fourth-order valence-electron chi connectivity index (χ4n) is 4.22. The molecule has 0 heterocycles. The molecule has 1 fully saturated rings. The summed E-state index contributed by atoms with van der Waals surface area (Å²) in [6.07, 6.45) is 14.5. The maximum Gasteiger partial charge on any atom is 0.330 e. The van der Waals surface area contributed by atoms with Crippen LogP contribution in [-0.2, 0) is 9.53 Å². The van der Waals surface area contributed by atoms with Gasteiger partial charge < -0.3 is 15.6 Å². The molecule has 28 heavy (non-hydrogen) atoms. The van der Waals surface area contributed by atoms with Crippen molar-refractivity contribution in [3.63, 3.8) is 0 Å². The van der Waals surface area contributed by atoms with Crippen LogP contribution >= 0.6 is 15.9 Å². The van der Waals surface area contributed by atoms with Gasteiger partial charge in [-0.3, -0.25) is 4.90 Å². The number of hydrogen-bond donors (Lipinski definition) is 2. The molecule has 3 N–H and O–H groups in total. The third-order valence-electron chi connectivity index (χ3n) is 5.79. The molecule has 0 bridgehead atoms. The lowest BCUT2D eigenvalue weighted by Gasteiger charge is -2.35. The van der Waals surface area contributed by atoms with E-state index in [1.807, 2.05) is 6.08 Å². The third kappa shape index (κ3) is 7.29. The Bertz CT molecular complexity index is 558. The predicted molar refractivity (Wildman–Crippen MR) is 117 cm³/mol. The number of halogens is 1. The SMILES string of the molecule is CCN(CC1=CC(N)(C(=O)OCCCCCCO)CC(Br)=C1)C1CCCCC1. The molecular weight excluding hydrogens is 420 g/mol. The van der Waals surface area contributed by atoms with Gasteiger partial charge in [0.1, 0.15) is 5.54 Å². The van der Waals surface area contributed by atoms with E-state index in [9.17, 15) is 4.79 Å². The zero-order valence-corrected chi connectivity index (χ0v) is 18.9. The van der Waals surface area contributed by atoms with Gasteiger partial charge in [-0.1, -0.05) is 48.5 Å². The lowest BCUT2D eigenvalue weighted by atomic mass is 9.88. The van der Waals surface area contributed by atoms with Crippen LogP contribution in [0, 0.1) is 0 Å². The van der Waals surface area contributed by atoms with Crippen LogP contribution in [0.1, 0.15) is 71.1 Å². The second-order valence-electron chi connectivity index (χ2n) is 8.16. The van der Waals surface area contributed by atoms with E-state index >= 15 is 0 Å². The second kappa shape index (κ2) is 12.1. The summed E-state index contributed by atoms with van der Waals surface area (Å²) in [6.45, 7) is 4.64. The first-order chi connectivity index (χ1) is 13.5. The normalized spacial score (nSPS) is 23.5. The number of nitrogens with two attached hydrogens (primary N) is 1. The summed E-state index contributed by atoms with van der Waals surface area (Å²) in [5, 5.41) is 8.81. The van der Waals surface area contributed by atoms with E-state index in [1.54, 1.807) is 0 Å². The monoisotopic (exact) mass is 456 g/mol. The molecule has 1 atom stereocenters. The van der Waals surface area contributed by atoms with Gasteiger partial charge >= 0.3 is 5.97 Å². The largest absolute Gasteiger partial charge is 0.464 e. The van der Waals surface area contributed by atoms with Gasteiger partial charge in [0.05, 0.1) is 6.61 Å². The average Bonchev–Trinajstić information content (AvgIpc) is 2.68. The van der Waals surface area contributed by atoms with Gasteiger partial charge in [0.2, 0.25) is 0 Å². The highest BCUT2D eigenvalue weighted by Gasteiger charge is 2.37. The number of carbonyl (C=O) groups is 1. The standard InChI is InChI=1S/C22H37BrN2O3/c1-2-25(20-10-6-5-7-11-20)17-18-14-19(23)16-22(24,15-18)21(27)28-13-9-4-3-8-12-26/h14-15,20,26H,2-13,16-17,24H2,1H3. The summed E-state index contributed by atoms with van der Waals surface area (Å²) in [6, 6.07) is 0.631. The maximum absolute atomic E-state index is 12.7. The molecule has 0 aromatic rings. The summed E-state index contributed by atoms with van der Waals surface area (Å²) >= 11 is 3.58. The number of likely N-dealkylation sites (N-methyl/N-ethyl adjacent to an activating group) is 1. The summed E-state index contributed by atoms with van der Waals surface area (Å²) in [5.74, 6) is -0.349. The minimum atomic E-state index is -1.10. The van der Waals surface area contributed by atoms with Crippen LogP contribution in [0.4, 0.5) is 0 Å². The minimum absolute atomic E-state index is 0.218. The van der Waals surface area contributed by atoms with E-state index in [0.717, 1.165) is 48.8 Å². The number of aliphatic hydroxyl groups is 1. The molecule has 0 radical (unpaired) electrons. The Hall–Kier alpha value is -0.690. The van der Waals surface area contributed by atoms with Crippen molar-refractivity contribution in [3.05, 3.63) is 22.2 Å². The molecule has 2 aliphatic carbocycles. The number of esters is 1. The quantitative estimate of drug-likeness (QED) is 0.362. The highest BCUT2D eigenvalue weighted by molar-refractivity contribution is 9.11. The lowest BCUT2D eigenvalue weighted by molar-refractivity contribution is -0.148. The zero-order chi connectivity index (χ0) is 20.4. The maximum atomic E-state index is 12.7. The Labute approximate surface area is 178 Å². The van der Waals surface area contributed by atoms with Crippen molar-refractivity contribution in [2.75, 3.05) is 26.3 Å². The van der Waals surface area contributed by atoms with Crippen LogP contribution in [-0.4, -0.2) is 53.9 Å². The average molecular weight is 457 g/mol. The van der Waals surface area contributed by atoms with Gasteiger partial charge in [0.25, 0.3) is 0 Å². The minimum Gasteiger partial charge on any atom is -0.464 e. The number of unbranched alkanes of at least 4 members (excludes halogenated alkanes) is 3. The first kappa shape index (κ1) is 23.6. The highest BCUT2D eigenvalue weighted by Crippen LogP contribution is 2.31. The smallest absolute Gasteiger partial charge is 0.330 e. The van der Waals surface area contributed by atoms with Crippen molar-refractivity contribution in [2.45, 2.75) is 82.7 Å². The van der Waals surface area contributed by atoms with E-state index in [1.165, 1.54) is 32.1 Å². The van der Waals surface area contributed by atoms with Crippen LogP contribution in [0.15, 0.2) is 22.2 Å². The Balaban J connectivity index is 1.93. The van der Waals surface area contributed by atoms with Crippen LogP contribution in [0.5, 0.6) is 0 Å². The molecule has 2 aliphatic rings. The Morgan fingerprint density at radius 3 is 2.68 bits per heavy atom. The number of carbonyl (C=O) groups excluding carboxylic acids is 1. The summed E-state index contributed by atoms with van der Waals surface area (Å²) in [5.41, 5.74) is 6.46. The molecule has 0 aromatic carbocycles. The van der Waals surface area contributed by atoms with Crippen LogP contribution < -0.4 is 5.73 Å². The third-order valence-corrected chi connectivity index (χ3v) is 6.30. The fraction of sp³-hybridized carbons (Fsp3) is 0.773. The number of rotatable bonds is 11. The fourth-order valence-corrected chi connectivity index (χ4v) is 4.98.